The summed E-state index contributed by atoms with van der Waals surface area (Å²) < 4.78 is 5.28. The van der Waals surface area contributed by atoms with Gasteiger partial charge in [0.05, 0.1) is 10.6 Å². The molecule has 1 aromatic heterocycles. The molecule has 100 valence electrons. The lowest BCUT2D eigenvalue weighted by Crippen LogP contribution is -1.83. The van der Waals surface area contributed by atoms with Gasteiger partial charge in [-0.15, -0.1) is 0 Å². The lowest BCUT2D eigenvalue weighted by atomic mass is 10.1. The van der Waals surface area contributed by atoms with Crippen molar-refractivity contribution in [2.45, 2.75) is 6.92 Å². The van der Waals surface area contributed by atoms with Crippen LogP contribution < -0.4 is 0 Å². The van der Waals surface area contributed by atoms with Crippen LogP contribution in [0.1, 0.15) is 5.56 Å². The molecule has 0 amide bonds. The van der Waals surface area contributed by atoms with Crippen molar-refractivity contribution in [1.82, 2.24) is 10.1 Å². The highest BCUT2D eigenvalue weighted by Gasteiger charge is 2.14. The fourth-order valence-electron chi connectivity index (χ4n) is 1.90. The molecule has 20 heavy (non-hydrogen) atoms. The van der Waals surface area contributed by atoms with Crippen molar-refractivity contribution in [2.75, 3.05) is 0 Å². The molecule has 0 N–H and O–H groups in total. The molecule has 0 aliphatic heterocycles. The molecule has 3 aromatic rings. The molecule has 1 heterocycles. The smallest absolute Gasteiger partial charge is 0.259 e. The van der Waals surface area contributed by atoms with Gasteiger partial charge in [-0.3, -0.25) is 0 Å². The maximum Gasteiger partial charge on any atom is 0.259 e. The Morgan fingerprint density at radius 1 is 1.05 bits per heavy atom. The van der Waals surface area contributed by atoms with Gasteiger partial charge in [-0.2, -0.15) is 4.98 Å². The summed E-state index contributed by atoms with van der Waals surface area (Å²) in [4.78, 5) is 4.37. The van der Waals surface area contributed by atoms with Gasteiger partial charge < -0.3 is 4.52 Å². The Balaban J connectivity index is 2.04. The number of hydrogen-bond donors (Lipinski definition) is 0. The van der Waals surface area contributed by atoms with E-state index in [2.05, 4.69) is 10.1 Å². The molecular formula is C15H10Cl2N2O. The molecular weight excluding hydrogens is 295 g/mol. The third-order valence-corrected chi connectivity index (χ3v) is 3.43. The van der Waals surface area contributed by atoms with Crippen LogP contribution in [0.2, 0.25) is 10.0 Å². The maximum atomic E-state index is 6.12. The standard InChI is InChI=1S/C15H10Cl2N2O/c1-9-3-2-4-10(7-9)14-18-15(20-19-14)12-8-11(16)5-6-13(12)17/h2-8H,1H3. The summed E-state index contributed by atoms with van der Waals surface area (Å²) in [6.07, 6.45) is 0. The summed E-state index contributed by atoms with van der Waals surface area (Å²) in [7, 11) is 0. The quantitative estimate of drug-likeness (QED) is 0.667. The van der Waals surface area contributed by atoms with E-state index in [1.54, 1.807) is 18.2 Å². The number of nitrogens with zero attached hydrogens (tertiary/aromatic N) is 2. The monoisotopic (exact) mass is 304 g/mol. The minimum absolute atomic E-state index is 0.356. The van der Waals surface area contributed by atoms with E-state index in [9.17, 15) is 0 Å². The molecule has 3 nitrogen and oxygen atoms in total. The number of aryl methyl sites for hydroxylation is 1. The Hall–Kier alpha value is -1.84. The molecule has 3 rings (SSSR count). The van der Waals surface area contributed by atoms with Crippen LogP contribution in [-0.4, -0.2) is 10.1 Å². The van der Waals surface area contributed by atoms with Gasteiger partial charge in [-0.25, -0.2) is 0 Å². The van der Waals surface area contributed by atoms with Crippen molar-refractivity contribution in [3.8, 4) is 22.8 Å². The van der Waals surface area contributed by atoms with Crippen molar-refractivity contribution in [2.24, 2.45) is 0 Å². The van der Waals surface area contributed by atoms with Gasteiger partial charge in [-0.05, 0) is 31.2 Å². The van der Waals surface area contributed by atoms with E-state index < -0.39 is 0 Å². The van der Waals surface area contributed by atoms with Gasteiger partial charge in [-0.1, -0.05) is 52.1 Å². The molecule has 0 atom stereocenters. The zero-order valence-electron chi connectivity index (χ0n) is 10.6. The zero-order chi connectivity index (χ0) is 14.1. The minimum Gasteiger partial charge on any atom is -0.334 e. The zero-order valence-corrected chi connectivity index (χ0v) is 12.1. The topological polar surface area (TPSA) is 38.9 Å². The lowest BCUT2D eigenvalue weighted by Gasteiger charge is -1.98. The van der Waals surface area contributed by atoms with Crippen LogP contribution >= 0.6 is 23.2 Å². The summed E-state index contributed by atoms with van der Waals surface area (Å²) in [6, 6.07) is 13.0. The molecule has 0 spiro atoms. The average Bonchev–Trinajstić information content (AvgIpc) is 2.91. The first-order chi connectivity index (χ1) is 9.63. The number of benzene rings is 2. The second kappa shape index (κ2) is 5.27. The Bertz CT molecular complexity index is 768. The summed E-state index contributed by atoms with van der Waals surface area (Å²) in [5.74, 6) is 0.883. The summed E-state index contributed by atoms with van der Waals surface area (Å²) in [5.41, 5.74) is 2.67. The van der Waals surface area contributed by atoms with Crippen LogP contribution in [0.25, 0.3) is 22.8 Å². The van der Waals surface area contributed by atoms with Gasteiger partial charge in [0.1, 0.15) is 0 Å². The van der Waals surface area contributed by atoms with Crippen LogP contribution in [0.5, 0.6) is 0 Å². The van der Waals surface area contributed by atoms with Gasteiger partial charge in [0.2, 0.25) is 5.82 Å². The van der Waals surface area contributed by atoms with E-state index >= 15 is 0 Å². The van der Waals surface area contributed by atoms with Gasteiger partial charge >= 0.3 is 0 Å². The number of aromatic nitrogens is 2. The third-order valence-electron chi connectivity index (χ3n) is 2.86. The molecule has 0 fully saturated rings. The molecule has 5 heteroatoms. The summed E-state index contributed by atoms with van der Waals surface area (Å²) in [6.45, 7) is 2.01. The van der Waals surface area contributed by atoms with Crippen molar-refractivity contribution < 1.29 is 4.52 Å². The number of rotatable bonds is 2. The van der Waals surface area contributed by atoms with Crippen molar-refractivity contribution in [1.29, 1.82) is 0 Å². The van der Waals surface area contributed by atoms with Crippen molar-refractivity contribution >= 4 is 23.2 Å². The third kappa shape index (κ3) is 2.55. The normalized spacial score (nSPS) is 10.8. The highest BCUT2D eigenvalue weighted by atomic mass is 35.5. The number of hydrogen-bond acceptors (Lipinski definition) is 3. The van der Waals surface area contributed by atoms with Crippen molar-refractivity contribution in [3.63, 3.8) is 0 Å². The molecule has 0 unspecified atom stereocenters. The van der Waals surface area contributed by atoms with E-state index in [1.165, 1.54) is 0 Å². The molecule has 0 aliphatic rings. The Labute approximate surface area is 126 Å². The van der Waals surface area contributed by atoms with E-state index in [0.717, 1.165) is 11.1 Å². The van der Waals surface area contributed by atoms with Crippen LogP contribution in [0.15, 0.2) is 47.0 Å². The van der Waals surface area contributed by atoms with E-state index in [1.807, 2.05) is 31.2 Å². The van der Waals surface area contributed by atoms with Crippen LogP contribution in [0.4, 0.5) is 0 Å². The van der Waals surface area contributed by atoms with E-state index in [-0.39, 0.29) is 0 Å². The van der Waals surface area contributed by atoms with Crippen LogP contribution in [0, 0.1) is 6.92 Å². The predicted molar refractivity (Wildman–Crippen MR) is 79.9 cm³/mol. The summed E-state index contributed by atoms with van der Waals surface area (Å²) >= 11 is 12.1. The first-order valence-corrected chi connectivity index (χ1v) is 6.75. The van der Waals surface area contributed by atoms with Crippen LogP contribution in [-0.2, 0) is 0 Å². The molecule has 0 aliphatic carbocycles. The molecule has 0 saturated heterocycles. The second-order valence-corrected chi connectivity index (χ2v) is 5.26. The van der Waals surface area contributed by atoms with Gasteiger partial charge in [0.25, 0.3) is 5.89 Å². The summed E-state index contributed by atoms with van der Waals surface area (Å²) in [5, 5.41) is 5.08. The van der Waals surface area contributed by atoms with Crippen LogP contribution in [0.3, 0.4) is 0 Å². The highest BCUT2D eigenvalue weighted by Crippen LogP contribution is 2.30. The Morgan fingerprint density at radius 2 is 1.90 bits per heavy atom. The van der Waals surface area contributed by atoms with Gasteiger partial charge in [0.15, 0.2) is 0 Å². The lowest BCUT2D eigenvalue weighted by molar-refractivity contribution is 0.432. The minimum atomic E-state index is 0.356. The predicted octanol–water partition coefficient (Wildman–Crippen LogP) is 5.02. The fourth-order valence-corrected chi connectivity index (χ4v) is 2.27. The molecule has 0 saturated carbocycles. The van der Waals surface area contributed by atoms with Gasteiger partial charge in [0, 0.05) is 10.6 Å². The first kappa shape index (κ1) is 13.2. The molecule has 0 radical (unpaired) electrons. The average molecular weight is 305 g/mol. The van der Waals surface area contributed by atoms with Crippen molar-refractivity contribution in [3.05, 3.63) is 58.1 Å². The SMILES string of the molecule is Cc1cccc(-c2noc(-c3cc(Cl)ccc3Cl)n2)c1. The van der Waals surface area contributed by atoms with E-state index in [0.29, 0.717) is 27.3 Å². The molecule has 2 aromatic carbocycles. The number of halogens is 2. The highest BCUT2D eigenvalue weighted by molar-refractivity contribution is 6.35. The fraction of sp³-hybridized carbons (Fsp3) is 0.0667. The second-order valence-electron chi connectivity index (χ2n) is 4.42. The Kier molecular flexibility index (Phi) is 3.47. The largest absolute Gasteiger partial charge is 0.334 e. The first-order valence-electron chi connectivity index (χ1n) is 5.99. The molecule has 0 bridgehead atoms. The Morgan fingerprint density at radius 3 is 2.70 bits per heavy atom. The van der Waals surface area contributed by atoms with E-state index in [4.69, 9.17) is 27.7 Å². The maximum absolute atomic E-state index is 6.12.